The van der Waals surface area contributed by atoms with Crippen LogP contribution in [0.15, 0.2) is 192 Å². The molecule has 0 atom stereocenters. The maximum atomic E-state index is 6.19. The summed E-state index contributed by atoms with van der Waals surface area (Å²) in [6.07, 6.45) is 0. The van der Waals surface area contributed by atoms with E-state index < -0.39 is 0 Å². The summed E-state index contributed by atoms with van der Waals surface area (Å²) in [6, 6.07) is 66.8. The van der Waals surface area contributed by atoms with Crippen molar-refractivity contribution in [3.05, 3.63) is 188 Å². The average molecular weight is 653 g/mol. The number of aromatic nitrogens is 1. The van der Waals surface area contributed by atoms with Crippen molar-refractivity contribution >= 4 is 55.1 Å². The molecule has 10 rings (SSSR count). The number of hydrogen-bond donors (Lipinski definition) is 1. The summed E-state index contributed by atoms with van der Waals surface area (Å²) in [5.41, 5.74) is 14.5. The number of nitrogens with zero attached hydrogens (tertiary/aromatic N) is 1. The predicted molar refractivity (Wildman–Crippen MR) is 214 cm³/mol. The monoisotopic (exact) mass is 652 g/mol. The minimum absolute atomic E-state index is 0.901. The summed E-state index contributed by atoms with van der Waals surface area (Å²) in [5, 5.41) is 8.53. The molecule has 0 spiro atoms. The van der Waals surface area contributed by atoms with E-state index >= 15 is 0 Å². The topological polar surface area (TPSA) is 30.1 Å². The first kappa shape index (κ1) is 29.1. The molecule has 0 aliphatic rings. The van der Waals surface area contributed by atoms with E-state index in [9.17, 15) is 0 Å². The number of furan rings is 1. The van der Waals surface area contributed by atoms with Gasteiger partial charge in [-0.3, -0.25) is 0 Å². The molecule has 0 saturated carbocycles. The number of rotatable bonds is 6. The molecule has 2 heterocycles. The fourth-order valence-corrected chi connectivity index (χ4v) is 7.65. The van der Waals surface area contributed by atoms with E-state index in [2.05, 4.69) is 180 Å². The van der Waals surface area contributed by atoms with E-state index in [1.807, 2.05) is 18.2 Å². The SMILES string of the molecule is c1ccc(-n2c3ccccc3c3cc(-c4cccc(-c5ccccc5Nc5cccc(-c6cccc7oc8ccccc8c67)c5)c4)ccc32)cc1. The van der Waals surface area contributed by atoms with E-state index in [0.717, 1.165) is 55.6 Å². The molecular weight excluding hydrogens is 621 g/mol. The van der Waals surface area contributed by atoms with E-state index in [4.69, 9.17) is 4.42 Å². The quantitative estimate of drug-likeness (QED) is 0.194. The second-order valence-corrected chi connectivity index (χ2v) is 13.0. The Labute approximate surface area is 295 Å². The molecule has 0 amide bonds. The van der Waals surface area contributed by atoms with Gasteiger partial charge in [0.2, 0.25) is 0 Å². The Morgan fingerprint density at radius 2 is 1.04 bits per heavy atom. The first-order valence-electron chi connectivity index (χ1n) is 17.3. The second-order valence-electron chi connectivity index (χ2n) is 13.0. The van der Waals surface area contributed by atoms with Crippen LogP contribution < -0.4 is 5.32 Å². The number of para-hydroxylation sites is 4. The lowest BCUT2D eigenvalue weighted by atomic mass is 9.96. The second kappa shape index (κ2) is 11.9. The fraction of sp³-hybridized carbons (Fsp3) is 0. The molecule has 0 bridgehead atoms. The molecule has 0 unspecified atom stereocenters. The largest absolute Gasteiger partial charge is 0.456 e. The number of hydrogen-bond acceptors (Lipinski definition) is 2. The zero-order chi connectivity index (χ0) is 33.7. The van der Waals surface area contributed by atoms with Gasteiger partial charge in [0.15, 0.2) is 0 Å². The number of nitrogens with one attached hydrogen (secondary N) is 1. The van der Waals surface area contributed by atoms with Crippen LogP contribution in [-0.4, -0.2) is 4.57 Å². The lowest BCUT2D eigenvalue weighted by molar-refractivity contribution is 0.669. The molecule has 0 aliphatic carbocycles. The molecule has 0 saturated heterocycles. The minimum Gasteiger partial charge on any atom is -0.456 e. The van der Waals surface area contributed by atoms with Gasteiger partial charge < -0.3 is 14.3 Å². The van der Waals surface area contributed by atoms with Crippen LogP contribution in [0.1, 0.15) is 0 Å². The van der Waals surface area contributed by atoms with E-state index in [-0.39, 0.29) is 0 Å². The van der Waals surface area contributed by atoms with Crippen LogP contribution >= 0.6 is 0 Å². The molecule has 1 N–H and O–H groups in total. The highest BCUT2D eigenvalue weighted by Crippen LogP contribution is 2.39. The molecule has 240 valence electrons. The first-order valence-corrected chi connectivity index (χ1v) is 17.3. The zero-order valence-electron chi connectivity index (χ0n) is 27.8. The van der Waals surface area contributed by atoms with Gasteiger partial charge in [-0.25, -0.2) is 0 Å². The van der Waals surface area contributed by atoms with Gasteiger partial charge in [-0.15, -0.1) is 0 Å². The maximum Gasteiger partial charge on any atom is 0.136 e. The molecule has 10 aromatic rings. The fourth-order valence-electron chi connectivity index (χ4n) is 7.65. The molecule has 2 aromatic heterocycles. The molecule has 0 fully saturated rings. The summed E-state index contributed by atoms with van der Waals surface area (Å²) in [6.45, 7) is 0. The van der Waals surface area contributed by atoms with E-state index in [0.29, 0.717) is 0 Å². The van der Waals surface area contributed by atoms with Crippen LogP contribution in [0.5, 0.6) is 0 Å². The predicted octanol–water partition coefficient (Wildman–Crippen LogP) is 13.4. The average Bonchev–Trinajstić information content (AvgIpc) is 3.74. The molecular formula is C48H32N2O. The van der Waals surface area contributed by atoms with Crippen molar-refractivity contribution in [2.75, 3.05) is 5.32 Å². The third-order valence-electron chi connectivity index (χ3n) is 9.98. The molecule has 3 nitrogen and oxygen atoms in total. The van der Waals surface area contributed by atoms with E-state index in [1.165, 1.54) is 38.6 Å². The van der Waals surface area contributed by atoms with Crippen LogP contribution in [0.25, 0.3) is 82.8 Å². The van der Waals surface area contributed by atoms with Crippen molar-refractivity contribution < 1.29 is 4.42 Å². The summed E-state index contributed by atoms with van der Waals surface area (Å²) >= 11 is 0. The first-order chi connectivity index (χ1) is 25.3. The van der Waals surface area contributed by atoms with Crippen LogP contribution in [0.4, 0.5) is 11.4 Å². The summed E-state index contributed by atoms with van der Waals surface area (Å²) < 4.78 is 8.55. The Morgan fingerprint density at radius 3 is 1.96 bits per heavy atom. The van der Waals surface area contributed by atoms with Crippen LogP contribution in [0.3, 0.4) is 0 Å². The molecule has 8 aromatic carbocycles. The van der Waals surface area contributed by atoms with Gasteiger partial charge in [0, 0.05) is 44.2 Å². The molecule has 0 aliphatic heterocycles. The van der Waals surface area contributed by atoms with Gasteiger partial charge in [0.25, 0.3) is 0 Å². The maximum absolute atomic E-state index is 6.19. The van der Waals surface area contributed by atoms with Gasteiger partial charge >= 0.3 is 0 Å². The number of anilines is 2. The third kappa shape index (κ3) is 4.98. The normalized spacial score (nSPS) is 11.5. The Kier molecular flexibility index (Phi) is 6.81. The van der Waals surface area contributed by atoms with E-state index in [1.54, 1.807) is 0 Å². The summed E-state index contributed by atoms with van der Waals surface area (Å²) in [7, 11) is 0. The molecule has 3 heteroatoms. The lowest BCUT2D eigenvalue weighted by Crippen LogP contribution is -1.94. The number of benzene rings is 8. The van der Waals surface area contributed by atoms with Gasteiger partial charge in [0.1, 0.15) is 11.2 Å². The van der Waals surface area contributed by atoms with Crippen LogP contribution in [0.2, 0.25) is 0 Å². The van der Waals surface area contributed by atoms with Crippen molar-refractivity contribution in [1.29, 1.82) is 0 Å². The van der Waals surface area contributed by atoms with Crippen LogP contribution in [-0.2, 0) is 0 Å². The van der Waals surface area contributed by atoms with Gasteiger partial charge in [0.05, 0.1) is 11.0 Å². The Morgan fingerprint density at radius 1 is 0.392 bits per heavy atom. The summed E-state index contributed by atoms with van der Waals surface area (Å²) in [4.78, 5) is 0. The van der Waals surface area contributed by atoms with Crippen LogP contribution in [0, 0.1) is 0 Å². The van der Waals surface area contributed by atoms with Gasteiger partial charge in [-0.2, -0.15) is 0 Å². The molecule has 51 heavy (non-hydrogen) atoms. The molecule has 0 radical (unpaired) electrons. The highest BCUT2D eigenvalue weighted by atomic mass is 16.3. The van der Waals surface area contributed by atoms with Crippen molar-refractivity contribution in [3.8, 4) is 39.1 Å². The van der Waals surface area contributed by atoms with Crippen molar-refractivity contribution in [2.45, 2.75) is 0 Å². The Balaban J connectivity index is 1.02. The smallest absolute Gasteiger partial charge is 0.136 e. The Hall–Kier alpha value is -6.84. The lowest BCUT2D eigenvalue weighted by Gasteiger charge is -2.15. The van der Waals surface area contributed by atoms with Crippen molar-refractivity contribution in [1.82, 2.24) is 4.57 Å². The Bertz CT molecular complexity index is 2900. The highest BCUT2D eigenvalue weighted by Gasteiger charge is 2.15. The highest BCUT2D eigenvalue weighted by molar-refractivity contribution is 6.13. The van der Waals surface area contributed by atoms with Gasteiger partial charge in [-0.05, 0) is 94.5 Å². The number of fused-ring (bicyclic) bond motifs is 6. The standard InChI is InChI=1S/C48H32N2O/c1-2-17-37(18-3-1)50-44-24-8-5-20-40(44)42-31-33(27-28-45(42)50)32-13-10-14-34(29-32)38-19-4-7-23-43(38)49-36-16-11-15-35(30-36)39-22-12-26-47-48(39)41-21-6-9-25-46(41)51-47/h1-31,49H. The summed E-state index contributed by atoms with van der Waals surface area (Å²) in [5.74, 6) is 0. The minimum atomic E-state index is 0.901. The van der Waals surface area contributed by atoms with Gasteiger partial charge in [-0.1, -0.05) is 121 Å². The van der Waals surface area contributed by atoms with Crippen molar-refractivity contribution in [3.63, 3.8) is 0 Å². The van der Waals surface area contributed by atoms with Crippen molar-refractivity contribution in [2.24, 2.45) is 0 Å². The third-order valence-corrected chi connectivity index (χ3v) is 9.98. The zero-order valence-corrected chi connectivity index (χ0v) is 27.8.